The second-order valence-corrected chi connectivity index (χ2v) is 7.51. The number of rotatable bonds is 6. The molecule has 1 aliphatic rings. The van der Waals surface area contributed by atoms with E-state index in [-0.39, 0.29) is 0 Å². The largest absolute Gasteiger partial charge is 0.303 e. The Hall–Kier alpha value is -0.910. The second kappa shape index (κ2) is 8.65. The first kappa shape index (κ1) is 16.0. The first-order valence-electron chi connectivity index (χ1n) is 8.08. The molecule has 0 aliphatic carbocycles. The van der Waals surface area contributed by atoms with E-state index in [9.17, 15) is 0 Å². The van der Waals surface area contributed by atoms with Gasteiger partial charge in [-0.15, -0.1) is 5.10 Å². The normalized spacial score (nSPS) is 16.5. The molecule has 118 valence electrons. The topological polar surface area (TPSA) is 29.0 Å². The summed E-state index contributed by atoms with van der Waals surface area (Å²) in [4.78, 5) is 2.64. The minimum Gasteiger partial charge on any atom is -0.303 e. The Balaban J connectivity index is 1.40. The van der Waals surface area contributed by atoms with Crippen LogP contribution in [-0.2, 0) is 5.75 Å². The van der Waals surface area contributed by atoms with Crippen LogP contribution < -0.4 is 0 Å². The van der Waals surface area contributed by atoms with Gasteiger partial charge in [-0.3, -0.25) is 0 Å². The molecule has 2 heterocycles. The fourth-order valence-corrected chi connectivity index (χ4v) is 4.23. The first-order valence-corrected chi connectivity index (χ1v) is 10.1. The molecule has 1 aliphatic heterocycles. The maximum atomic E-state index is 4.11. The lowest BCUT2D eigenvalue weighted by Gasteiger charge is -2.19. The molecular formula is C17H23N3S2. The lowest BCUT2D eigenvalue weighted by Crippen LogP contribution is -2.27. The molecule has 2 aromatic rings. The van der Waals surface area contributed by atoms with Crippen LogP contribution in [0.5, 0.6) is 0 Å². The van der Waals surface area contributed by atoms with Crippen molar-refractivity contribution in [2.24, 2.45) is 0 Å². The molecule has 22 heavy (non-hydrogen) atoms. The van der Waals surface area contributed by atoms with Crippen molar-refractivity contribution in [3.05, 3.63) is 35.2 Å². The first-order chi connectivity index (χ1) is 10.9. The van der Waals surface area contributed by atoms with E-state index < -0.39 is 0 Å². The molecule has 1 aromatic heterocycles. The Labute approximate surface area is 141 Å². The second-order valence-electron chi connectivity index (χ2n) is 5.80. The third kappa shape index (κ3) is 4.80. The van der Waals surface area contributed by atoms with Crippen molar-refractivity contribution in [1.29, 1.82) is 0 Å². The molecule has 1 fully saturated rings. The van der Waals surface area contributed by atoms with Gasteiger partial charge in [0.15, 0.2) is 0 Å². The van der Waals surface area contributed by atoms with E-state index in [0.29, 0.717) is 0 Å². The smallest absolute Gasteiger partial charge is 0.105 e. The van der Waals surface area contributed by atoms with Crippen molar-refractivity contribution < 1.29 is 0 Å². The van der Waals surface area contributed by atoms with Gasteiger partial charge >= 0.3 is 0 Å². The average Bonchev–Trinajstić information content (AvgIpc) is 2.97. The predicted molar refractivity (Wildman–Crippen MR) is 96.4 cm³/mol. The number of thioether (sulfide) groups is 1. The molecule has 0 radical (unpaired) electrons. The Morgan fingerprint density at radius 2 is 1.82 bits per heavy atom. The molecule has 0 N–H and O–H groups in total. The Morgan fingerprint density at radius 1 is 1.05 bits per heavy atom. The van der Waals surface area contributed by atoms with Crippen LogP contribution >= 0.6 is 23.3 Å². The summed E-state index contributed by atoms with van der Waals surface area (Å²) in [6.07, 6.45) is 5.62. The van der Waals surface area contributed by atoms with E-state index in [1.54, 1.807) is 0 Å². The zero-order valence-electron chi connectivity index (χ0n) is 12.9. The molecular weight excluding hydrogens is 310 g/mol. The van der Waals surface area contributed by atoms with Crippen LogP contribution in [0.25, 0.3) is 11.3 Å². The van der Waals surface area contributed by atoms with Crippen molar-refractivity contribution in [3.63, 3.8) is 0 Å². The molecule has 0 amide bonds. The van der Waals surface area contributed by atoms with E-state index in [0.717, 1.165) is 17.0 Å². The Bertz CT molecular complexity index is 532. The maximum Gasteiger partial charge on any atom is 0.105 e. The summed E-state index contributed by atoms with van der Waals surface area (Å²) < 4.78 is 3.92. The third-order valence-electron chi connectivity index (χ3n) is 4.13. The summed E-state index contributed by atoms with van der Waals surface area (Å²) in [5, 5.41) is 6.10. The molecule has 0 spiro atoms. The van der Waals surface area contributed by atoms with Gasteiger partial charge in [0.1, 0.15) is 5.69 Å². The van der Waals surface area contributed by atoms with Gasteiger partial charge in [-0.2, -0.15) is 11.8 Å². The minimum atomic E-state index is 0.977. The van der Waals surface area contributed by atoms with Gasteiger partial charge in [0.2, 0.25) is 0 Å². The number of benzene rings is 1. The molecule has 0 bridgehead atoms. The monoisotopic (exact) mass is 333 g/mol. The number of likely N-dealkylation sites (tertiary alicyclic amines) is 1. The Kier molecular flexibility index (Phi) is 6.28. The van der Waals surface area contributed by atoms with E-state index in [4.69, 9.17) is 0 Å². The molecule has 0 saturated carbocycles. The zero-order valence-corrected chi connectivity index (χ0v) is 14.5. The lowest BCUT2D eigenvalue weighted by molar-refractivity contribution is 0.303. The fourth-order valence-electron chi connectivity index (χ4n) is 2.81. The zero-order chi connectivity index (χ0) is 15.0. The van der Waals surface area contributed by atoms with E-state index in [1.807, 2.05) is 17.1 Å². The van der Waals surface area contributed by atoms with Crippen LogP contribution in [-0.4, -0.2) is 39.9 Å². The van der Waals surface area contributed by atoms with Gasteiger partial charge in [0.25, 0.3) is 0 Å². The van der Waals surface area contributed by atoms with Gasteiger partial charge in [-0.1, -0.05) is 41.6 Å². The summed E-state index contributed by atoms with van der Waals surface area (Å²) in [5.74, 6) is 2.33. The number of hydrogen-bond donors (Lipinski definition) is 0. The van der Waals surface area contributed by atoms with Gasteiger partial charge in [-0.25, -0.2) is 0 Å². The summed E-state index contributed by atoms with van der Waals surface area (Å²) in [6, 6.07) is 8.74. The molecule has 0 atom stereocenters. The molecule has 3 rings (SSSR count). The van der Waals surface area contributed by atoms with Gasteiger partial charge < -0.3 is 4.90 Å². The molecule has 1 aromatic carbocycles. The highest BCUT2D eigenvalue weighted by Gasteiger charge is 2.08. The van der Waals surface area contributed by atoms with Gasteiger partial charge in [0.05, 0.1) is 0 Å². The van der Waals surface area contributed by atoms with E-state index >= 15 is 0 Å². The summed E-state index contributed by atoms with van der Waals surface area (Å²) >= 11 is 3.44. The highest BCUT2D eigenvalue weighted by molar-refractivity contribution is 7.98. The molecule has 3 nitrogen and oxygen atoms in total. The van der Waals surface area contributed by atoms with Crippen LogP contribution in [0, 0.1) is 0 Å². The summed E-state index contributed by atoms with van der Waals surface area (Å²) in [5.41, 5.74) is 3.53. The van der Waals surface area contributed by atoms with Crippen molar-refractivity contribution >= 4 is 23.3 Å². The maximum absolute atomic E-state index is 4.11. The average molecular weight is 334 g/mol. The summed E-state index contributed by atoms with van der Waals surface area (Å²) in [6.45, 7) is 3.85. The lowest BCUT2D eigenvalue weighted by atomic mass is 10.1. The van der Waals surface area contributed by atoms with Crippen LogP contribution in [0.1, 0.15) is 31.2 Å². The number of aromatic nitrogens is 2. The molecule has 1 saturated heterocycles. The van der Waals surface area contributed by atoms with Gasteiger partial charge in [0, 0.05) is 29.0 Å². The highest BCUT2D eigenvalue weighted by Crippen LogP contribution is 2.20. The van der Waals surface area contributed by atoms with Crippen LogP contribution in [0.4, 0.5) is 0 Å². The molecule has 5 heteroatoms. The summed E-state index contributed by atoms with van der Waals surface area (Å²) in [7, 11) is 0. The standard InChI is InChI=1S/C17H23N3S2/c1-2-4-10-20(9-3-1)11-12-21-13-15-5-7-16(8-6-15)17-14-22-19-18-17/h5-8,14H,1-4,9-13H2. The van der Waals surface area contributed by atoms with Crippen molar-refractivity contribution in [1.82, 2.24) is 14.5 Å². The quantitative estimate of drug-likeness (QED) is 0.737. The van der Waals surface area contributed by atoms with Crippen molar-refractivity contribution in [2.75, 3.05) is 25.4 Å². The Morgan fingerprint density at radius 3 is 2.50 bits per heavy atom. The van der Waals surface area contributed by atoms with Crippen molar-refractivity contribution in [2.45, 2.75) is 31.4 Å². The van der Waals surface area contributed by atoms with Crippen LogP contribution in [0.2, 0.25) is 0 Å². The molecule has 0 unspecified atom stereocenters. The SMILES string of the molecule is c1cc(-c2csnn2)ccc1CSCCN1CCCCCC1. The predicted octanol–water partition coefficient (Wildman–Crippen LogP) is 4.31. The number of nitrogens with zero attached hydrogens (tertiary/aromatic N) is 3. The third-order valence-corrected chi connectivity index (χ3v) is 5.64. The highest BCUT2D eigenvalue weighted by atomic mass is 32.2. The fraction of sp³-hybridized carbons (Fsp3) is 0.529. The van der Waals surface area contributed by atoms with Gasteiger partial charge in [-0.05, 0) is 43.0 Å². The minimum absolute atomic E-state index is 0.977. The van der Waals surface area contributed by atoms with E-state index in [2.05, 4.69) is 38.8 Å². The van der Waals surface area contributed by atoms with Crippen molar-refractivity contribution in [3.8, 4) is 11.3 Å². The van der Waals surface area contributed by atoms with Crippen LogP contribution in [0.15, 0.2) is 29.6 Å². The van der Waals surface area contributed by atoms with E-state index in [1.165, 1.54) is 68.2 Å². The number of hydrogen-bond acceptors (Lipinski definition) is 5. The van der Waals surface area contributed by atoms with Crippen LogP contribution in [0.3, 0.4) is 0 Å².